The van der Waals surface area contributed by atoms with Crippen molar-refractivity contribution in [3.8, 4) is 0 Å². The lowest BCUT2D eigenvalue weighted by molar-refractivity contribution is 0.0961. The van der Waals surface area contributed by atoms with Crippen LogP contribution in [-0.2, 0) is 0 Å². The van der Waals surface area contributed by atoms with Crippen LogP contribution in [0.2, 0.25) is 0 Å². The summed E-state index contributed by atoms with van der Waals surface area (Å²) >= 11 is 0. The molecule has 0 radical (unpaired) electrons. The highest BCUT2D eigenvalue weighted by Gasteiger charge is 2.13. The summed E-state index contributed by atoms with van der Waals surface area (Å²) in [7, 11) is 0. The van der Waals surface area contributed by atoms with Crippen molar-refractivity contribution in [3.05, 3.63) is 72.8 Å². The Labute approximate surface area is 117 Å². The van der Waals surface area contributed by atoms with Crippen LogP contribution in [0.15, 0.2) is 67.3 Å². The van der Waals surface area contributed by atoms with Gasteiger partial charge >= 0.3 is 0 Å². The van der Waals surface area contributed by atoms with Crippen LogP contribution in [0, 0.1) is 0 Å². The number of amides is 1. The number of carbonyl (C=O) groups is 1. The Kier molecular flexibility index (Phi) is 3.21. The first-order valence-electron chi connectivity index (χ1n) is 6.61. The molecule has 98 valence electrons. The largest absolute Gasteiger partial charge is 0.349 e. The lowest BCUT2D eigenvalue weighted by atomic mass is 9.96. The minimum absolute atomic E-state index is 0.0575. The highest BCUT2D eigenvalue weighted by molar-refractivity contribution is 6.18. The molecular formula is C18H15NO. The minimum atomic E-state index is -0.0575. The Bertz CT molecular complexity index is 751. The van der Waals surface area contributed by atoms with Gasteiger partial charge in [0.15, 0.2) is 0 Å². The smallest absolute Gasteiger partial charge is 0.252 e. The predicted octanol–water partition coefficient (Wildman–Crippen LogP) is 3.91. The molecule has 0 atom stereocenters. The van der Waals surface area contributed by atoms with E-state index in [0.717, 1.165) is 27.1 Å². The topological polar surface area (TPSA) is 29.1 Å². The molecule has 0 heterocycles. The molecule has 0 saturated heterocycles. The summed E-state index contributed by atoms with van der Waals surface area (Å²) in [6, 6.07) is 18.1. The molecule has 0 bridgehead atoms. The second kappa shape index (κ2) is 5.17. The molecule has 0 fully saturated rings. The van der Waals surface area contributed by atoms with E-state index in [1.165, 1.54) is 0 Å². The van der Waals surface area contributed by atoms with Crippen molar-refractivity contribution in [2.24, 2.45) is 0 Å². The Morgan fingerprint density at radius 3 is 2.10 bits per heavy atom. The average Bonchev–Trinajstić information content (AvgIpc) is 2.50. The number of benzene rings is 3. The molecule has 0 unspecified atom stereocenters. The first-order valence-corrected chi connectivity index (χ1v) is 6.61. The van der Waals surface area contributed by atoms with Crippen molar-refractivity contribution in [2.75, 3.05) is 6.54 Å². The lowest BCUT2D eigenvalue weighted by Gasteiger charge is -2.11. The number of carbonyl (C=O) groups excluding carboxylic acids is 1. The zero-order valence-electron chi connectivity index (χ0n) is 11.1. The van der Waals surface area contributed by atoms with E-state index in [0.29, 0.717) is 6.54 Å². The quantitative estimate of drug-likeness (QED) is 0.562. The third kappa shape index (κ3) is 2.05. The van der Waals surface area contributed by atoms with Crippen molar-refractivity contribution in [3.63, 3.8) is 0 Å². The maximum atomic E-state index is 12.5. The van der Waals surface area contributed by atoms with Crippen LogP contribution >= 0.6 is 0 Å². The van der Waals surface area contributed by atoms with Gasteiger partial charge in [-0.05, 0) is 27.6 Å². The molecule has 1 N–H and O–H groups in total. The molecule has 20 heavy (non-hydrogen) atoms. The summed E-state index contributed by atoms with van der Waals surface area (Å²) in [5, 5.41) is 6.99. The second-order valence-electron chi connectivity index (χ2n) is 4.69. The summed E-state index contributed by atoms with van der Waals surface area (Å²) in [6.45, 7) is 4.10. The number of fused-ring (bicyclic) bond motifs is 2. The van der Waals surface area contributed by atoms with Gasteiger partial charge in [0.1, 0.15) is 0 Å². The summed E-state index contributed by atoms with van der Waals surface area (Å²) in [5.74, 6) is -0.0575. The zero-order chi connectivity index (χ0) is 13.9. The van der Waals surface area contributed by atoms with E-state index in [-0.39, 0.29) is 5.91 Å². The van der Waals surface area contributed by atoms with Crippen molar-refractivity contribution < 1.29 is 4.79 Å². The lowest BCUT2D eigenvalue weighted by Crippen LogP contribution is -2.23. The first kappa shape index (κ1) is 12.4. The molecule has 3 rings (SSSR count). The summed E-state index contributed by atoms with van der Waals surface area (Å²) < 4.78 is 0. The molecule has 3 aromatic carbocycles. The van der Waals surface area contributed by atoms with Gasteiger partial charge in [-0.25, -0.2) is 0 Å². The minimum Gasteiger partial charge on any atom is -0.349 e. The fraction of sp³-hybridized carbons (Fsp3) is 0.0556. The molecule has 0 aliphatic carbocycles. The molecule has 0 saturated carbocycles. The third-order valence-electron chi connectivity index (χ3n) is 3.41. The van der Waals surface area contributed by atoms with Gasteiger partial charge in [-0.15, -0.1) is 6.58 Å². The van der Waals surface area contributed by atoms with Crippen LogP contribution in [0.5, 0.6) is 0 Å². The average molecular weight is 261 g/mol. The third-order valence-corrected chi connectivity index (χ3v) is 3.41. The molecule has 0 spiro atoms. The van der Waals surface area contributed by atoms with E-state index < -0.39 is 0 Å². The molecule has 0 aromatic heterocycles. The van der Waals surface area contributed by atoms with Gasteiger partial charge in [-0.2, -0.15) is 0 Å². The normalized spacial score (nSPS) is 10.6. The van der Waals surface area contributed by atoms with E-state index in [1.807, 2.05) is 48.5 Å². The maximum absolute atomic E-state index is 12.5. The summed E-state index contributed by atoms with van der Waals surface area (Å²) in [6.07, 6.45) is 1.69. The Morgan fingerprint density at radius 2 is 1.55 bits per heavy atom. The Balaban J connectivity index is 2.33. The van der Waals surface area contributed by atoms with Crippen LogP contribution in [0.3, 0.4) is 0 Å². The van der Waals surface area contributed by atoms with E-state index >= 15 is 0 Å². The molecule has 2 nitrogen and oxygen atoms in total. The highest BCUT2D eigenvalue weighted by Crippen LogP contribution is 2.28. The molecule has 0 aliphatic heterocycles. The first-order chi connectivity index (χ1) is 9.81. The molecule has 2 heteroatoms. The van der Waals surface area contributed by atoms with Crippen molar-refractivity contribution in [2.45, 2.75) is 0 Å². The number of hydrogen-bond acceptors (Lipinski definition) is 1. The standard InChI is InChI=1S/C18H15NO/c1-2-11-19-18(20)17-15-9-5-3-7-13(15)12-14-8-4-6-10-16(14)17/h2-10,12H,1,11H2,(H,19,20). The Morgan fingerprint density at radius 1 is 1.00 bits per heavy atom. The maximum Gasteiger partial charge on any atom is 0.252 e. The van der Waals surface area contributed by atoms with Crippen molar-refractivity contribution in [1.29, 1.82) is 0 Å². The van der Waals surface area contributed by atoms with Gasteiger partial charge < -0.3 is 5.32 Å². The Hall–Kier alpha value is -2.61. The summed E-state index contributed by atoms with van der Waals surface area (Å²) in [4.78, 5) is 12.5. The highest BCUT2D eigenvalue weighted by atomic mass is 16.1. The van der Waals surface area contributed by atoms with E-state index in [1.54, 1.807) is 6.08 Å². The second-order valence-corrected chi connectivity index (χ2v) is 4.69. The van der Waals surface area contributed by atoms with Gasteiger partial charge in [-0.3, -0.25) is 4.79 Å². The van der Waals surface area contributed by atoms with Gasteiger partial charge in [-0.1, -0.05) is 54.6 Å². The van der Waals surface area contributed by atoms with Crippen LogP contribution in [0.1, 0.15) is 10.4 Å². The molecule has 1 amide bonds. The van der Waals surface area contributed by atoms with Crippen molar-refractivity contribution in [1.82, 2.24) is 5.32 Å². The van der Waals surface area contributed by atoms with Crippen LogP contribution in [0.25, 0.3) is 21.5 Å². The SMILES string of the molecule is C=CCNC(=O)c1c2ccccc2cc2ccccc12. The fourth-order valence-corrected chi connectivity index (χ4v) is 2.51. The van der Waals surface area contributed by atoms with Crippen LogP contribution in [-0.4, -0.2) is 12.5 Å². The van der Waals surface area contributed by atoms with Gasteiger partial charge in [0, 0.05) is 6.54 Å². The number of hydrogen-bond donors (Lipinski definition) is 1. The zero-order valence-corrected chi connectivity index (χ0v) is 11.1. The van der Waals surface area contributed by atoms with Gasteiger partial charge in [0.05, 0.1) is 5.56 Å². The van der Waals surface area contributed by atoms with E-state index in [9.17, 15) is 4.79 Å². The van der Waals surface area contributed by atoms with E-state index in [2.05, 4.69) is 18.0 Å². The number of nitrogens with one attached hydrogen (secondary N) is 1. The van der Waals surface area contributed by atoms with Crippen LogP contribution < -0.4 is 5.32 Å². The van der Waals surface area contributed by atoms with Gasteiger partial charge in [0.2, 0.25) is 0 Å². The predicted molar refractivity (Wildman–Crippen MR) is 84.0 cm³/mol. The fourth-order valence-electron chi connectivity index (χ4n) is 2.51. The summed E-state index contributed by atoms with van der Waals surface area (Å²) in [5.41, 5.74) is 0.737. The number of rotatable bonds is 3. The molecule has 0 aliphatic rings. The monoisotopic (exact) mass is 261 g/mol. The van der Waals surface area contributed by atoms with Gasteiger partial charge in [0.25, 0.3) is 5.91 Å². The van der Waals surface area contributed by atoms with Crippen molar-refractivity contribution >= 4 is 27.5 Å². The van der Waals surface area contributed by atoms with Crippen LogP contribution in [0.4, 0.5) is 0 Å². The molecular weight excluding hydrogens is 246 g/mol. The molecule has 3 aromatic rings. The van der Waals surface area contributed by atoms with E-state index in [4.69, 9.17) is 0 Å².